The molecule has 2 unspecified atom stereocenters. The molecule has 2 rings (SSSR count). The van der Waals surface area contributed by atoms with Crippen molar-refractivity contribution in [3.63, 3.8) is 0 Å². The van der Waals surface area contributed by atoms with E-state index in [0.29, 0.717) is 31.7 Å². The third kappa shape index (κ3) is 3.57. The van der Waals surface area contributed by atoms with Gasteiger partial charge in [-0.3, -0.25) is 9.59 Å². The molecule has 120 valence electrons. The summed E-state index contributed by atoms with van der Waals surface area (Å²) in [5.74, 6) is -0.102. The number of piperazine rings is 1. The van der Waals surface area contributed by atoms with Crippen molar-refractivity contribution in [1.29, 1.82) is 0 Å². The van der Waals surface area contributed by atoms with Crippen molar-refractivity contribution in [3.8, 4) is 5.75 Å². The fourth-order valence-corrected chi connectivity index (χ4v) is 2.43. The van der Waals surface area contributed by atoms with E-state index in [-0.39, 0.29) is 29.5 Å². The van der Waals surface area contributed by atoms with E-state index in [2.05, 4.69) is 0 Å². The van der Waals surface area contributed by atoms with Crippen LogP contribution in [0.1, 0.15) is 24.2 Å². The van der Waals surface area contributed by atoms with Crippen LogP contribution >= 0.6 is 0 Å². The number of carbonyl (C=O) groups excluding carboxylic acids is 2. The summed E-state index contributed by atoms with van der Waals surface area (Å²) in [5.41, 5.74) is 6.32. The minimum absolute atomic E-state index is 0.0479. The van der Waals surface area contributed by atoms with Crippen LogP contribution in [0.2, 0.25) is 0 Å². The Morgan fingerprint density at radius 2 is 1.55 bits per heavy atom. The van der Waals surface area contributed by atoms with Gasteiger partial charge in [-0.25, -0.2) is 0 Å². The van der Waals surface area contributed by atoms with Gasteiger partial charge in [0.25, 0.3) is 5.91 Å². The van der Waals surface area contributed by atoms with Crippen molar-refractivity contribution in [2.75, 3.05) is 26.2 Å². The van der Waals surface area contributed by atoms with E-state index in [4.69, 9.17) is 5.73 Å². The fourth-order valence-electron chi connectivity index (χ4n) is 2.43. The topological polar surface area (TPSA) is 86.9 Å². The molecule has 22 heavy (non-hydrogen) atoms. The average Bonchev–Trinajstić information content (AvgIpc) is 2.53. The number of rotatable bonds is 3. The van der Waals surface area contributed by atoms with Crippen LogP contribution in [0.4, 0.5) is 0 Å². The zero-order chi connectivity index (χ0) is 16.3. The molecule has 1 aromatic carbocycles. The van der Waals surface area contributed by atoms with Crippen molar-refractivity contribution in [1.82, 2.24) is 9.80 Å². The number of hydrogen-bond acceptors (Lipinski definition) is 4. The first-order chi connectivity index (χ1) is 10.4. The van der Waals surface area contributed by atoms with Crippen LogP contribution in [-0.4, -0.2) is 58.9 Å². The third-order valence-corrected chi connectivity index (χ3v) is 4.17. The molecule has 6 heteroatoms. The van der Waals surface area contributed by atoms with Crippen LogP contribution in [0.25, 0.3) is 0 Å². The van der Waals surface area contributed by atoms with E-state index in [1.807, 2.05) is 13.8 Å². The minimum atomic E-state index is -0.209. The number of aromatic hydroxyl groups is 1. The Labute approximate surface area is 130 Å². The largest absolute Gasteiger partial charge is 0.508 e. The molecule has 1 aliphatic rings. The number of nitrogens with zero attached hydrogens (tertiary/aromatic N) is 2. The van der Waals surface area contributed by atoms with Crippen LogP contribution in [0, 0.1) is 5.92 Å². The molecule has 1 fully saturated rings. The average molecular weight is 305 g/mol. The molecule has 3 N–H and O–H groups in total. The molecular weight excluding hydrogens is 282 g/mol. The van der Waals surface area contributed by atoms with Crippen LogP contribution in [0.3, 0.4) is 0 Å². The van der Waals surface area contributed by atoms with Gasteiger partial charge in [-0.2, -0.15) is 0 Å². The number of phenolic OH excluding ortho intramolecular Hbond substituents is 1. The molecule has 2 amide bonds. The Kier molecular flexibility index (Phi) is 5.03. The Balaban J connectivity index is 1.93. The SMILES string of the molecule is CC(N)C(C)C(=O)N1CCN(C(=O)c2ccc(O)cc2)CC1. The second-order valence-corrected chi connectivity index (χ2v) is 5.81. The summed E-state index contributed by atoms with van der Waals surface area (Å²) < 4.78 is 0. The summed E-state index contributed by atoms with van der Waals surface area (Å²) in [6.45, 7) is 5.74. The highest BCUT2D eigenvalue weighted by atomic mass is 16.3. The van der Waals surface area contributed by atoms with Gasteiger partial charge >= 0.3 is 0 Å². The van der Waals surface area contributed by atoms with E-state index < -0.39 is 0 Å². The minimum Gasteiger partial charge on any atom is -0.508 e. The van der Waals surface area contributed by atoms with E-state index in [0.717, 1.165) is 0 Å². The number of carbonyl (C=O) groups is 2. The molecular formula is C16H23N3O3. The summed E-state index contributed by atoms with van der Waals surface area (Å²) in [4.78, 5) is 28.1. The first kappa shape index (κ1) is 16.3. The van der Waals surface area contributed by atoms with Crippen LogP contribution in [0.5, 0.6) is 5.75 Å². The van der Waals surface area contributed by atoms with Gasteiger partial charge in [-0.1, -0.05) is 6.92 Å². The standard InChI is InChI=1S/C16H23N3O3/c1-11(12(2)17)15(21)18-7-9-19(10-8-18)16(22)13-3-5-14(20)6-4-13/h3-6,11-12,20H,7-10,17H2,1-2H3. The maximum absolute atomic E-state index is 12.4. The van der Waals surface area contributed by atoms with Gasteiger partial charge in [-0.15, -0.1) is 0 Å². The van der Waals surface area contributed by atoms with Crippen molar-refractivity contribution < 1.29 is 14.7 Å². The van der Waals surface area contributed by atoms with Gasteiger partial charge in [0.05, 0.1) is 5.92 Å². The molecule has 2 atom stereocenters. The van der Waals surface area contributed by atoms with Crippen molar-refractivity contribution in [2.24, 2.45) is 11.7 Å². The Morgan fingerprint density at radius 3 is 2.05 bits per heavy atom. The second kappa shape index (κ2) is 6.79. The van der Waals surface area contributed by atoms with Gasteiger partial charge in [0.1, 0.15) is 5.75 Å². The zero-order valence-electron chi connectivity index (χ0n) is 13.0. The summed E-state index contributed by atoms with van der Waals surface area (Å²) in [6, 6.07) is 6.03. The monoisotopic (exact) mass is 305 g/mol. The number of phenols is 1. The molecule has 1 heterocycles. The lowest BCUT2D eigenvalue weighted by atomic mass is 10.0. The molecule has 0 bridgehead atoms. The van der Waals surface area contributed by atoms with Crippen molar-refractivity contribution in [3.05, 3.63) is 29.8 Å². The molecule has 0 aliphatic carbocycles. The number of hydrogen-bond donors (Lipinski definition) is 2. The van der Waals surface area contributed by atoms with Crippen LogP contribution in [0.15, 0.2) is 24.3 Å². The lowest BCUT2D eigenvalue weighted by Gasteiger charge is -2.36. The Bertz CT molecular complexity index is 534. The van der Waals surface area contributed by atoms with E-state index in [1.165, 1.54) is 12.1 Å². The molecule has 0 radical (unpaired) electrons. The molecule has 0 spiro atoms. The van der Waals surface area contributed by atoms with Crippen molar-refractivity contribution >= 4 is 11.8 Å². The maximum Gasteiger partial charge on any atom is 0.253 e. The second-order valence-electron chi connectivity index (χ2n) is 5.81. The smallest absolute Gasteiger partial charge is 0.253 e. The summed E-state index contributed by atoms with van der Waals surface area (Å²) in [7, 11) is 0. The lowest BCUT2D eigenvalue weighted by Crippen LogP contribution is -2.53. The molecule has 0 aromatic heterocycles. The highest BCUT2D eigenvalue weighted by Crippen LogP contribution is 2.14. The molecule has 6 nitrogen and oxygen atoms in total. The van der Waals surface area contributed by atoms with E-state index >= 15 is 0 Å². The third-order valence-electron chi connectivity index (χ3n) is 4.17. The highest BCUT2D eigenvalue weighted by Gasteiger charge is 2.28. The van der Waals surface area contributed by atoms with Crippen molar-refractivity contribution in [2.45, 2.75) is 19.9 Å². The number of benzene rings is 1. The first-order valence-electron chi connectivity index (χ1n) is 7.53. The predicted octanol–water partition coefficient (Wildman–Crippen LogP) is 0.660. The number of amides is 2. The first-order valence-corrected chi connectivity index (χ1v) is 7.53. The normalized spacial score (nSPS) is 18.0. The number of nitrogens with two attached hydrogens (primary N) is 1. The highest BCUT2D eigenvalue weighted by molar-refractivity contribution is 5.94. The van der Waals surface area contributed by atoms with Crippen LogP contribution < -0.4 is 5.73 Å². The van der Waals surface area contributed by atoms with Crippen LogP contribution in [-0.2, 0) is 4.79 Å². The predicted molar refractivity (Wildman–Crippen MR) is 83.4 cm³/mol. The van der Waals surface area contributed by atoms with Gasteiger partial charge in [0.2, 0.25) is 5.91 Å². The molecule has 0 saturated carbocycles. The molecule has 1 aromatic rings. The van der Waals surface area contributed by atoms with E-state index in [1.54, 1.807) is 21.9 Å². The Hall–Kier alpha value is -2.08. The molecule has 1 aliphatic heterocycles. The van der Waals surface area contributed by atoms with Gasteiger partial charge in [0, 0.05) is 37.8 Å². The maximum atomic E-state index is 12.4. The summed E-state index contributed by atoms with van der Waals surface area (Å²) in [6.07, 6.45) is 0. The summed E-state index contributed by atoms with van der Waals surface area (Å²) >= 11 is 0. The van der Waals surface area contributed by atoms with Gasteiger partial charge < -0.3 is 20.6 Å². The van der Waals surface area contributed by atoms with Gasteiger partial charge in [-0.05, 0) is 31.2 Å². The Morgan fingerprint density at radius 1 is 1.05 bits per heavy atom. The fraction of sp³-hybridized carbons (Fsp3) is 0.500. The lowest BCUT2D eigenvalue weighted by molar-refractivity contribution is -0.137. The zero-order valence-corrected chi connectivity index (χ0v) is 13.0. The molecule has 1 saturated heterocycles. The summed E-state index contributed by atoms with van der Waals surface area (Å²) in [5, 5.41) is 9.26. The quantitative estimate of drug-likeness (QED) is 0.859. The van der Waals surface area contributed by atoms with E-state index in [9.17, 15) is 14.7 Å². The van der Waals surface area contributed by atoms with Gasteiger partial charge in [0.15, 0.2) is 0 Å².